The lowest BCUT2D eigenvalue weighted by Gasteiger charge is -2.23. The van der Waals surface area contributed by atoms with Crippen molar-refractivity contribution >= 4 is 11.8 Å². The first-order valence-electron chi connectivity index (χ1n) is 8.37. The van der Waals surface area contributed by atoms with Gasteiger partial charge in [-0.15, -0.1) is 0 Å². The van der Waals surface area contributed by atoms with Gasteiger partial charge in [-0.05, 0) is 25.0 Å². The van der Waals surface area contributed by atoms with E-state index in [0.29, 0.717) is 0 Å². The van der Waals surface area contributed by atoms with Crippen LogP contribution in [0.5, 0.6) is 0 Å². The van der Waals surface area contributed by atoms with Crippen LogP contribution in [-0.4, -0.2) is 21.0 Å². The topological polar surface area (TPSA) is 62.7 Å². The second kappa shape index (κ2) is 7.67. The Morgan fingerprint density at radius 3 is 2.56 bits per heavy atom. The van der Waals surface area contributed by atoms with Crippen LogP contribution in [0.15, 0.2) is 30.5 Å². The lowest BCUT2D eigenvalue weighted by atomic mass is 9.96. The van der Waals surface area contributed by atoms with Crippen LogP contribution in [0.3, 0.4) is 0 Å². The molecule has 0 bridgehead atoms. The second-order valence-corrected chi connectivity index (χ2v) is 6.11. The Morgan fingerprint density at radius 2 is 1.88 bits per heavy atom. The third kappa shape index (κ3) is 5.04. The molecule has 2 heterocycles. The molecule has 0 unspecified atom stereocenters. The highest BCUT2D eigenvalue weighted by Gasteiger charge is 2.34. The highest BCUT2D eigenvalue weighted by molar-refractivity contribution is 5.43. The first-order chi connectivity index (χ1) is 12.0. The number of pyridine rings is 1. The Labute approximate surface area is 144 Å². The van der Waals surface area contributed by atoms with E-state index in [9.17, 15) is 13.2 Å². The molecule has 0 aliphatic heterocycles. The average molecular weight is 351 g/mol. The fraction of sp³-hybridized carbons (Fsp3) is 0.471. The van der Waals surface area contributed by atoms with Gasteiger partial charge in [0.25, 0.3) is 0 Å². The van der Waals surface area contributed by atoms with E-state index >= 15 is 0 Å². The van der Waals surface area contributed by atoms with E-state index < -0.39 is 11.9 Å². The molecule has 0 atom stereocenters. The van der Waals surface area contributed by atoms with Crippen LogP contribution < -0.4 is 10.6 Å². The number of anilines is 2. The van der Waals surface area contributed by atoms with Crippen molar-refractivity contribution in [1.82, 2.24) is 15.0 Å². The van der Waals surface area contributed by atoms with Crippen molar-refractivity contribution in [2.45, 2.75) is 50.9 Å². The van der Waals surface area contributed by atoms with Gasteiger partial charge in [0.1, 0.15) is 5.82 Å². The van der Waals surface area contributed by atoms with Gasteiger partial charge in [0, 0.05) is 18.3 Å². The summed E-state index contributed by atoms with van der Waals surface area (Å²) in [7, 11) is 0. The molecule has 0 spiro atoms. The summed E-state index contributed by atoms with van der Waals surface area (Å²) in [6, 6.07) is 6.44. The second-order valence-electron chi connectivity index (χ2n) is 6.11. The minimum Gasteiger partial charge on any atom is -0.364 e. The van der Waals surface area contributed by atoms with Crippen LogP contribution >= 0.6 is 0 Å². The summed E-state index contributed by atoms with van der Waals surface area (Å²) >= 11 is 0. The molecule has 1 aliphatic rings. The Balaban J connectivity index is 1.77. The predicted molar refractivity (Wildman–Crippen MR) is 89.1 cm³/mol. The Morgan fingerprint density at radius 1 is 1.08 bits per heavy atom. The highest BCUT2D eigenvalue weighted by Crippen LogP contribution is 2.30. The van der Waals surface area contributed by atoms with Crippen molar-refractivity contribution in [3.8, 4) is 0 Å². The van der Waals surface area contributed by atoms with E-state index in [0.717, 1.165) is 37.4 Å². The Kier molecular flexibility index (Phi) is 5.35. The van der Waals surface area contributed by atoms with Crippen LogP contribution in [0, 0.1) is 0 Å². The number of hydrogen-bond donors (Lipinski definition) is 2. The lowest BCUT2D eigenvalue weighted by Crippen LogP contribution is -2.24. The van der Waals surface area contributed by atoms with Crippen molar-refractivity contribution in [3.63, 3.8) is 0 Å². The van der Waals surface area contributed by atoms with Crippen molar-refractivity contribution in [1.29, 1.82) is 0 Å². The molecular formula is C17H20F3N5. The van der Waals surface area contributed by atoms with Gasteiger partial charge in [0.15, 0.2) is 5.69 Å². The van der Waals surface area contributed by atoms with Crippen molar-refractivity contribution in [3.05, 3.63) is 41.9 Å². The largest absolute Gasteiger partial charge is 0.433 e. The zero-order valence-corrected chi connectivity index (χ0v) is 13.7. The Bertz CT molecular complexity index is 684. The molecule has 0 radical (unpaired) electrons. The number of halogens is 3. The van der Waals surface area contributed by atoms with Gasteiger partial charge in [-0.1, -0.05) is 25.3 Å². The van der Waals surface area contributed by atoms with Crippen LogP contribution in [-0.2, 0) is 12.7 Å². The van der Waals surface area contributed by atoms with Gasteiger partial charge < -0.3 is 10.6 Å². The average Bonchev–Trinajstić information content (AvgIpc) is 2.61. The fourth-order valence-corrected chi connectivity index (χ4v) is 2.86. The van der Waals surface area contributed by atoms with Crippen molar-refractivity contribution < 1.29 is 13.2 Å². The fourth-order valence-electron chi connectivity index (χ4n) is 2.86. The molecule has 1 saturated carbocycles. The monoisotopic (exact) mass is 351 g/mol. The molecule has 25 heavy (non-hydrogen) atoms. The molecule has 2 N–H and O–H groups in total. The maximum atomic E-state index is 13.1. The minimum atomic E-state index is -4.52. The summed E-state index contributed by atoms with van der Waals surface area (Å²) in [5.74, 6) is 0.150. The van der Waals surface area contributed by atoms with E-state index in [1.165, 1.54) is 6.42 Å². The van der Waals surface area contributed by atoms with Crippen LogP contribution in [0.1, 0.15) is 43.5 Å². The molecule has 5 nitrogen and oxygen atoms in total. The molecule has 2 aromatic heterocycles. The summed E-state index contributed by atoms with van der Waals surface area (Å²) < 4.78 is 39.4. The summed E-state index contributed by atoms with van der Waals surface area (Å²) in [5, 5.41) is 5.95. The van der Waals surface area contributed by atoms with Gasteiger partial charge in [0.05, 0.1) is 12.2 Å². The number of hydrogen-bond acceptors (Lipinski definition) is 5. The highest BCUT2D eigenvalue weighted by atomic mass is 19.4. The molecule has 1 fully saturated rings. The van der Waals surface area contributed by atoms with E-state index in [-0.39, 0.29) is 24.4 Å². The van der Waals surface area contributed by atoms with Crippen LogP contribution in [0.25, 0.3) is 0 Å². The number of alkyl halides is 3. The molecule has 0 aromatic carbocycles. The standard InChI is InChI=1S/C17H20F3N5/c18-17(19,20)14-10-15(22-11-13-8-4-5-9-21-13)25-16(24-14)23-12-6-2-1-3-7-12/h4-5,8-10,12H,1-3,6-7,11H2,(H2,22,23,24,25). The summed E-state index contributed by atoms with van der Waals surface area (Å²) in [5.41, 5.74) is -0.235. The molecule has 0 amide bonds. The normalized spacial score (nSPS) is 15.8. The Hall–Kier alpha value is -2.38. The molecule has 134 valence electrons. The molecule has 1 aliphatic carbocycles. The molecule has 2 aromatic rings. The number of aromatic nitrogens is 3. The lowest BCUT2D eigenvalue weighted by molar-refractivity contribution is -0.141. The van der Waals surface area contributed by atoms with E-state index in [4.69, 9.17) is 0 Å². The summed E-state index contributed by atoms with van der Waals surface area (Å²) in [6.07, 6.45) is 2.27. The first-order valence-corrected chi connectivity index (χ1v) is 8.37. The summed E-state index contributed by atoms with van der Waals surface area (Å²) in [4.78, 5) is 12.0. The van der Waals surface area contributed by atoms with Crippen molar-refractivity contribution in [2.75, 3.05) is 10.6 Å². The summed E-state index contributed by atoms with van der Waals surface area (Å²) in [6.45, 7) is 0.290. The van der Waals surface area contributed by atoms with E-state index in [1.807, 2.05) is 6.07 Å². The van der Waals surface area contributed by atoms with Gasteiger partial charge in [0.2, 0.25) is 5.95 Å². The van der Waals surface area contributed by atoms with Crippen molar-refractivity contribution in [2.24, 2.45) is 0 Å². The molecular weight excluding hydrogens is 331 g/mol. The number of nitrogens with one attached hydrogen (secondary N) is 2. The quantitative estimate of drug-likeness (QED) is 0.843. The van der Waals surface area contributed by atoms with Gasteiger partial charge in [-0.3, -0.25) is 4.98 Å². The number of rotatable bonds is 5. The smallest absolute Gasteiger partial charge is 0.364 e. The van der Waals surface area contributed by atoms with E-state index in [1.54, 1.807) is 18.3 Å². The molecule has 0 saturated heterocycles. The van der Waals surface area contributed by atoms with Gasteiger partial charge >= 0.3 is 6.18 Å². The molecule has 8 heteroatoms. The maximum absolute atomic E-state index is 13.1. The van der Waals surface area contributed by atoms with Gasteiger partial charge in [-0.2, -0.15) is 18.2 Å². The molecule has 3 rings (SSSR count). The third-order valence-electron chi connectivity index (χ3n) is 4.13. The third-order valence-corrected chi connectivity index (χ3v) is 4.13. The van der Waals surface area contributed by atoms with Crippen LogP contribution in [0.4, 0.5) is 24.9 Å². The minimum absolute atomic E-state index is 0.0187. The first kappa shape index (κ1) is 17.4. The zero-order valence-electron chi connectivity index (χ0n) is 13.7. The predicted octanol–water partition coefficient (Wildman–Crippen LogP) is 4.25. The SMILES string of the molecule is FC(F)(F)c1cc(NCc2ccccn2)nc(NC2CCCCC2)n1. The van der Waals surface area contributed by atoms with Crippen LogP contribution in [0.2, 0.25) is 0 Å². The van der Waals surface area contributed by atoms with E-state index in [2.05, 4.69) is 25.6 Å². The van der Waals surface area contributed by atoms with Gasteiger partial charge in [-0.25, -0.2) is 4.98 Å². The zero-order chi connectivity index (χ0) is 17.7. The number of nitrogens with zero attached hydrogens (tertiary/aromatic N) is 3. The maximum Gasteiger partial charge on any atom is 0.433 e.